The number of ether oxygens (including phenoxy) is 1. The van der Waals surface area contributed by atoms with Gasteiger partial charge in [-0.1, -0.05) is 6.07 Å². The smallest absolute Gasteiger partial charge is 0.324 e. The molecule has 1 aliphatic heterocycles. The Kier molecular flexibility index (Phi) is 4.68. The second-order valence-electron chi connectivity index (χ2n) is 5.35. The van der Waals surface area contributed by atoms with Crippen molar-refractivity contribution >= 4 is 16.0 Å². The number of benzene rings is 1. The summed E-state index contributed by atoms with van der Waals surface area (Å²) >= 11 is 0. The number of hydrogen-bond acceptors (Lipinski definition) is 4. The molecule has 1 saturated heterocycles. The molecule has 0 amide bonds. The van der Waals surface area contributed by atoms with Gasteiger partial charge in [-0.05, 0) is 56.9 Å². The van der Waals surface area contributed by atoms with Gasteiger partial charge in [-0.3, -0.25) is 4.79 Å². The van der Waals surface area contributed by atoms with E-state index in [-0.39, 0.29) is 11.5 Å². The van der Waals surface area contributed by atoms with Crippen LogP contribution in [0.3, 0.4) is 0 Å². The molecule has 0 N–H and O–H groups in total. The predicted molar refractivity (Wildman–Crippen MR) is 79.5 cm³/mol. The van der Waals surface area contributed by atoms with Crippen molar-refractivity contribution in [3.8, 4) is 0 Å². The van der Waals surface area contributed by atoms with E-state index in [0.717, 1.165) is 11.1 Å². The summed E-state index contributed by atoms with van der Waals surface area (Å²) in [6.45, 7) is 6.05. The number of nitrogens with zero attached hydrogens (tertiary/aromatic N) is 1. The van der Waals surface area contributed by atoms with Crippen LogP contribution >= 0.6 is 0 Å². The van der Waals surface area contributed by atoms with Crippen LogP contribution in [0, 0.1) is 13.8 Å². The summed E-state index contributed by atoms with van der Waals surface area (Å²) in [6, 6.07) is 4.51. The predicted octanol–water partition coefficient (Wildman–Crippen LogP) is 2.02. The van der Waals surface area contributed by atoms with E-state index in [1.807, 2.05) is 19.9 Å². The third-order valence-electron chi connectivity index (χ3n) is 3.56. The van der Waals surface area contributed by atoms with Crippen molar-refractivity contribution in [1.29, 1.82) is 0 Å². The Morgan fingerprint density at radius 2 is 1.90 bits per heavy atom. The number of sulfonamides is 1. The van der Waals surface area contributed by atoms with Gasteiger partial charge in [0.05, 0.1) is 11.5 Å². The topological polar surface area (TPSA) is 63.7 Å². The van der Waals surface area contributed by atoms with Crippen molar-refractivity contribution in [1.82, 2.24) is 4.31 Å². The fourth-order valence-corrected chi connectivity index (χ4v) is 4.56. The van der Waals surface area contributed by atoms with E-state index in [0.29, 0.717) is 19.4 Å². The number of esters is 1. The molecule has 0 bridgehead atoms. The van der Waals surface area contributed by atoms with Crippen LogP contribution in [0.25, 0.3) is 0 Å². The highest BCUT2D eigenvalue weighted by Gasteiger charge is 2.40. The first kappa shape index (κ1) is 16.0. The van der Waals surface area contributed by atoms with Gasteiger partial charge < -0.3 is 4.74 Å². The molecule has 1 atom stereocenters. The van der Waals surface area contributed by atoms with E-state index in [4.69, 9.17) is 4.74 Å². The van der Waals surface area contributed by atoms with Crippen LogP contribution in [0.2, 0.25) is 0 Å². The molecule has 0 aliphatic carbocycles. The summed E-state index contributed by atoms with van der Waals surface area (Å²) in [5.41, 5.74) is 1.78. The average molecular weight is 311 g/mol. The zero-order chi connectivity index (χ0) is 15.6. The minimum absolute atomic E-state index is 0.246. The monoisotopic (exact) mass is 311 g/mol. The summed E-state index contributed by atoms with van der Waals surface area (Å²) < 4.78 is 31.8. The SMILES string of the molecule is CCOC(=O)C1CCCN1S(=O)(=O)c1cc(C)cc(C)c1. The van der Waals surface area contributed by atoms with E-state index in [2.05, 4.69) is 0 Å². The maximum Gasteiger partial charge on any atom is 0.324 e. The van der Waals surface area contributed by atoms with Crippen molar-refractivity contribution < 1.29 is 17.9 Å². The maximum atomic E-state index is 12.8. The van der Waals surface area contributed by atoms with Crippen LogP contribution in [0.4, 0.5) is 0 Å². The van der Waals surface area contributed by atoms with Crippen molar-refractivity contribution in [2.24, 2.45) is 0 Å². The zero-order valence-corrected chi connectivity index (χ0v) is 13.4. The maximum absolute atomic E-state index is 12.8. The van der Waals surface area contributed by atoms with Crippen molar-refractivity contribution in [3.63, 3.8) is 0 Å². The molecule has 2 rings (SSSR count). The second-order valence-corrected chi connectivity index (χ2v) is 7.24. The highest BCUT2D eigenvalue weighted by molar-refractivity contribution is 7.89. The standard InChI is InChI=1S/C15H21NO4S/c1-4-20-15(17)14-6-5-7-16(14)21(18,19)13-9-11(2)8-12(3)10-13/h8-10,14H,4-7H2,1-3H3. The Morgan fingerprint density at radius 1 is 1.29 bits per heavy atom. The summed E-state index contributed by atoms with van der Waals surface area (Å²) in [7, 11) is -3.66. The minimum atomic E-state index is -3.66. The lowest BCUT2D eigenvalue weighted by molar-refractivity contribution is -0.146. The quantitative estimate of drug-likeness (QED) is 0.798. The van der Waals surface area contributed by atoms with Gasteiger partial charge in [-0.25, -0.2) is 8.42 Å². The van der Waals surface area contributed by atoms with Gasteiger partial charge >= 0.3 is 5.97 Å². The van der Waals surface area contributed by atoms with Gasteiger partial charge in [0.15, 0.2) is 0 Å². The molecule has 0 aromatic heterocycles. The molecule has 6 heteroatoms. The first-order chi connectivity index (χ1) is 9.86. The third kappa shape index (κ3) is 3.27. The molecule has 0 spiro atoms. The number of hydrogen-bond donors (Lipinski definition) is 0. The van der Waals surface area contributed by atoms with E-state index in [9.17, 15) is 13.2 Å². The number of aryl methyl sites for hydroxylation is 2. The number of carbonyl (C=O) groups excluding carboxylic acids is 1. The highest BCUT2D eigenvalue weighted by Crippen LogP contribution is 2.27. The Labute approximate surface area is 126 Å². The molecule has 0 radical (unpaired) electrons. The lowest BCUT2D eigenvalue weighted by Crippen LogP contribution is -2.41. The van der Waals surface area contributed by atoms with Crippen LogP contribution in [-0.2, 0) is 19.6 Å². The van der Waals surface area contributed by atoms with Crippen LogP contribution in [0.1, 0.15) is 30.9 Å². The average Bonchev–Trinajstić information content (AvgIpc) is 2.87. The van der Waals surface area contributed by atoms with Crippen LogP contribution in [0.5, 0.6) is 0 Å². The van der Waals surface area contributed by atoms with Gasteiger partial charge in [0.25, 0.3) is 0 Å². The van der Waals surface area contributed by atoms with E-state index in [1.165, 1.54) is 4.31 Å². The van der Waals surface area contributed by atoms with Gasteiger partial charge in [0.2, 0.25) is 10.0 Å². The molecule has 0 saturated carbocycles. The molecule has 1 fully saturated rings. The minimum Gasteiger partial charge on any atom is -0.465 e. The van der Waals surface area contributed by atoms with E-state index in [1.54, 1.807) is 19.1 Å². The normalized spacial score (nSPS) is 19.7. The summed E-state index contributed by atoms with van der Waals surface area (Å²) in [4.78, 5) is 12.2. The molecular weight excluding hydrogens is 290 g/mol. The molecule has 5 nitrogen and oxygen atoms in total. The largest absolute Gasteiger partial charge is 0.465 e. The van der Waals surface area contributed by atoms with Crippen LogP contribution in [0.15, 0.2) is 23.1 Å². The van der Waals surface area contributed by atoms with Gasteiger partial charge in [0, 0.05) is 6.54 Å². The fraction of sp³-hybridized carbons (Fsp3) is 0.533. The second kappa shape index (κ2) is 6.15. The molecule has 1 heterocycles. The Balaban J connectivity index is 2.36. The van der Waals surface area contributed by atoms with E-state index >= 15 is 0 Å². The van der Waals surface area contributed by atoms with E-state index < -0.39 is 22.0 Å². The molecule has 21 heavy (non-hydrogen) atoms. The molecule has 1 aromatic carbocycles. The Hall–Kier alpha value is -1.40. The van der Waals surface area contributed by atoms with Crippen LogP contribution in [-0.4, -0.2) is 37.9 Å². The third-order valence-corrected chi connectivity index (χ3v) is 5.45. The molecule has 1 aromatic rings. The van der Waals surface area contributed by atoms with Gasteiger partial charge in [-0.2, -0.15) is 4.31 Å². The highest BCUT2D eigenvalue weighted by atomic mass is 32.2. The number of carbonyl (C=O) groups is 1. The van der Waals surface area contributed by atoms with Crippen molar-refractivity contribution in [3.05, 3.63) is 29.3 Å². The van der Waals surface area contributed by atoms with Gasteiger partial charge in [0.1, 0.15) is 6.04 Å². The summed E-state index contributed by atoms with van der Waals surface area (Å²) in [6.07, 6.45) is 1.19. The first-order valence-corrected chi connectivity index (χ1v) is 8.57. The summed E-state index contributed by atoms with van der Waals surface area (Å²) in [5.74, 6) is -0.456. The van der Waals surface area contributed by atoms with Crippen LogP contribution < -0.4 is 0 Å². The fourth-order valence-electron chi connectivity index (χ4n) is 2.72. The number of rotatable bonds is 4. The molecule has 116 valence electrons. The lowest BCUT2D eigenvalue weighted by Gasteiger charge is -2.23. The Bertz CT molecular complexity index is 619. The van der Waals surface area contributed by atoms with Crippen molar-refractivity contribution in [2.45, 2.75) is 44.6 Å². The Morgan fingerprint density at radius 3 is 2.48 bits per heavy atom. The molecule has 1 unspecified atom stereocenters. The zero-order valence-electron chi connectivity index (χ0n) is 12.6. The summed E-state index contributed by atoms with van der Waals surface area (Å²) in [5, 5.41) is 0. The molecule has 1 aliphatic rings. The van der Waals surface area contributed by atoms with Gasteiger partial charge in [-0.15, -0.1) is 0 Å². The lowest BCUT2D eigenvalue weighted by atomic mass is 10.2. The molecular formula is C15H21NO4S. The first-order valence-electron chi connectivity index (χ1n) is 7.13. The van der Waals surface area contributed by atoms with Crippen molar-refractivity contribution in [2.75, 3.05) is 13.2 Å².